The smallest absolute Gasteiger partial charge is 0.387 e. The van der Waals surface area contributed by atoms with Crippen LogP contribution >= 0.6 is 0 Å². The van der Waals surface area contributed by atoms with Crippen molar-refractivity contribution in [1.82, 2.24) is 5.32 Å². The Labute approximate surface area is 156 Å². The summed E-state index contributed by atoms with van der Waals surface area (Å²) in [5.74, 6) is 1.64. The fraction of sp³-hybridized carbons (Fsp3) is 0.316. The van der Waals surface area contributed by atoms with Crippen molar-refractivity contribution in [2.75, 3.05) is 20.8 Å². The molecule has 2 aromatic carbocycles. The van der Waals surface area contributed by atoms with Crippen LogP contribution in [0.4, 0.5) is 8.78 Å². The molecule has 0 aromatic heterocycles. The predicted molar refractivity (Wildman–Crippen MR) is 99.7 cm³/mol. The van der Waals surface area contributed by atoms with Gasteiger partial charge in [0.05, 0.1) is 20.8 Å². The van der Waals surface area contributed by atoms with Crippen molar-refractivity contribution >= 4 is 5.96 Å². The summed E-state index contributed by atoms with van der Waals surface area (Å²) in [4.78, 5) is 4.17. The molecule has 2 rings (SSSR count). The Bertz CT molecular complexity index is 770. The summed E-state index contributed by atoms with van der Waals surface area (Å²) < 4.78 is 39.8. The molecule has 0 saturated heterocycles. The summed E-state index contributed by atoms with van der Waals surface area (Å²) in [5, 5.41) is 2.99. The fourth-order valence-corrected chi connectivity index (χ4v) is 2.44. The van der Waals surface area contributed by atoms with E-state index < -0.39 is 6.61 Å². The standard InChI is InChI=1S/C19H23F2N3O3/c1-25-16-8-7-13(11-17(16)26-2)9-10-23-19(22)24-12-14-5-3-4-6-15(14)27-18(20)21/h3-8,11,18H,9-10,12H2,1-2H3,(H3,22,23,24). The zero-order valence-corrected chi connectivity index (χ0v) is 15.2. The molecule has 6 nitrogen and oxygen atoms in total. The molecule has 0 fully saturated rings. The van der Waals surface area contributed by atoms with Crippen LogP contribution in [0.2, 0.25) is 0 Å². The van der Waals surface area contributed by atoms with Crippen LogP contribution in [0.25, 0.3) is 0 Å². The summed E-state index contributed by atoms with van der Waals surface area (Å²) in [6.45, 7) is -2.19. The van der Waals surface area contributed by atoms with Crippen LogP contribution < -0.4 is 25.3 Å². The number of halogens is 2. The zero-order chi connectivity index (χ0) is 19.6. The van der Waals surface area contributed by atoms with Crippen molar-refractivity contribution in [2.45, 2.75) is 19.6 Å². The average Bonchev–Trinajstić information content (AvgIpc) is 2.66. The van der Waals surface area contributed by atoms with Gasteiger partial charge >= 0.3 is 6.61 Å². The van der Waals surface area contributed by atoms with Crippen molar-refractivity contribution in [3.63, 3.8) is 0 Å². The van der Waals surface area contributed by atoms with Gasteiger partial charge in [-0.2, -0.15) is 8.78 Å². The van der Waals surface area contributed by atoms with Gasteiger partial charge in [0.25, 0.3) is 0 Å². The molecule has 0 heterocycles. The van der Waals surface area contributed by atoms with Crippen LogP contribution in [0.15, 0.2) is 47.5 Å². The third-order valence-electron chi connectivity index (χ3n) is 3.78. The van der Waals surface area contributed by atoms with Crippen LogP contribution in [0.5, 0.6) is 17.2 Å². The first kappa shape index (κ1) is 20.3. The van der Waals surface area contributed by atoms with Crippen molar-refractivity contribution in [3.05, 3.63) is 53.6 Å². The number of benzene rings is 2. The molecule has 2 aromatic rings. The SMILES string of the molecule is COc1ccc(CCNC(N)=NCc2ccccc2OC(F)F)cc1OC. The van der Waals surface area contributed by atoms with Crippen LogP contribution in [-0.2, 0) is 13.0 Å². The number of methoxy groups -OCH3 is 2. The lowest BCUT2D eigenvalue weighted by Crippen LogP contribution is -2.33. The topological polar surface area (TPSA) is 78.1 Å². The van der Waals surface area contributed by atoms with Gasteiger partial charge in [-0.05, 0) is 30.2 Å². The van der Waals surface area contributed by atoms with Crippen molar-refractivity contribution in [3.8, 4) is 17.2 Å². The Balaban J connectivity index is 1.88. The lowest BCUT2D eigenvalue weighted by atomic mass is 10.1. The molecular weight excluding hydrogens is 356 g/mol. The third kappa shape index (κ3) is 6.32. The second-order valence-electron chi connectivity index (χ2n) is 5.55. The molecule has 3 N–H and O–H groups in total. The van der Waals surface area contributed by atoms with Gasteiger partial charge < -0.3 is 25.3 Å². The van der Waals surface area contributed by atoms with Crippen molar-refractivity contribution in [1.29, 1.82) is 0 Å². The molecule has 8 heteroatoms. The van der Waals surface area contributed by atoms with E-state index in [1.165, 1.54) is 6.07 Å². The minimum Gasteiger partial charge on any atom is -0.493 e. The molecule has 0 aliphatic rings. The monoisotopic (exact) mass is 379 g/mol. The number of hydrogen-bond acceptors (Lipinski definition) is 4. The highest BCUT2D eigenvalue weighted by molar-refractivity contribution is 5.77. The molecule has 0 atom stereocenters. The Morgan fingerprint density at radius 2 is 1.81 bits per heavy atom. The lowest BCUT2D eigenvalue weighted by Gasteiger charge is -2.11. The third-order valence-corrected chi connectivity index (χ3v) is 3.78. The summed E-state index contributed by atoms with van der Waals surface area (Å²) >= 11 is 0. The second kappa shape index (κ2) is 10.2. The van der Waals surface area contributed by atoms with Gasteiger partial charge in [0.1, 0.15) is 5.75 Å². The number of para-hydroxylation sites is 1. The van der Waals surface area contributed by atoms with Gasteiger partial charge in [0.2, 0.25) is 0 Å². The highest BCUT2D eigenvalue weighted by Crippen LogP contribution is 2.27. The molecule has 0 spiro atoms. The van der Waals surface area contributed by atoms with E-state index in [9.17, 15) is 8.78 Å². The molecule has 0 aliphatic heterocycles. The van der Waals surface area contributed by atoms with Gasteiger partial charge in [0, 0.05) is 12.1 Å². The van der Waals surface area contributed by atoms with E-state index in [-0.39, 0.29) is 18.3 Å². The van der Waals surface area contributed by atoms with E-state index >= 15 is 0 Å². The molecule has 0 aliphatic carbocycles. The fourth-order valence-electron chi connectivity index (χ4n) is 2.44. The molecule has 146 valence electrons. The summed E-state index contributed by atoms with van der Waals surface area (Å²) in [6, 6.07) is 12.2. The molecule has 0 unspecified atom stereocenters. The van der Waals surface area contributed by atoms with Gasteiger partial charge in [-0.3, -0.25) is 0 Å². The Morgan fingerprint density at radius 1 is 1.07 bits per heavy atom. The number of alkyl halides is 2. The number of nitrogens with two attached hydrogens (primary N) is 1. The minimum atomic E-state index is -2.88. The Morgan fingerprint density at radius 3 is 2.52 bits per heavy atom. The van der Waals surface area contributed by atoms with Gasteiger partial charge in [-0.25, -0.2) is 4.99 Å². The van der Waals surface area contributed by atoms with Gasteiger partial charge in [0.15, 0.2) is 17.5 Å². The summed E-state index contributed by atoms with van der Waals surface area (Å²) in [6.07, 6.45) is 0.696. The number of aliphatic imine (C=N–C) groups is 1. The lowest BCUT2D eigenvalue weighted by molar-refractivity contribution is -0.0504. The van der Waals surface area contributed by atoms with Crippen LogP contribution in [0.3, 0.4) is 0 Å². The van der Waals surface area contributed by atoms with E-state index in [1.807, 2.05) is 18.2 Å². The van der Waals surface area contributed by atoms with E-state index in [0.717, 1.165) is 5.56 Å². The number of nitrogens with one attached hydrogen (secondary N) is 1. The summed E-state index contributed by atoms with van der Waals surface area (Å²) in [5.41, 5.74) is 7.42. The highest BCUT2D eigenvalue weighted by atomic mass is 19.3. The van der Waals surface area contributed by atoms with Crippen LogP contribution in [0, 0.1) is 0 Å². The minimum absolute atomic E-state index is 0.0920. The first-order valence-corrected chi connectivity index (χ1v) is 8.31. The predicted octanol–water partition coefficient (Wildman–Crippen LogP) is 2.95. The van der Waals surface area contributed by atoms with Crippen molar-refractivity contribution in [2.24, 2.45) is 10.7 Å². The maximum absolute atomic E-state index is 12.4. The van der Waals surface area contributed by atoms with Gasteiger partial charge in [-0.1, -0.05) is 24.3 Å². The summed E-state index contributed by atoms with van der Waals surface area (Å²) in [7, 11) is 3.17. The Kier molecular flexibility index (Phi) is 7.66. The number of ether oxygens (including phenoxy) is 3. The first-order chi connectivity index (χ1) is 13.0. The van der Waals surface area contributed by atoms with E-state index in [0.29, 0.717) is 30.0 Å². The maximum atomic E-state index is 12.4. The number of nitrogens with zero attached hydrogens (tertiary/aromatic N) is 1. The van der Waals surface area contributed by atoms with E-state index in [2.05, 4.69) is 15.0 Å². The quantitative estimate of drug-likeness (QED) is 0.517. The molecular formula is C19H23F2N3O3. The second-order valence-corrected chi connectivity index (χ2v) is 5.55. The van der Waals surface area contributed by atoms with Crippen molar-refractivity contribution < 1.29 is 23.0 Å². The molecule has 27 heavy (non-hydrogen) atoms. The first-order valence-electron chi connectivity index (χ1n) is 8.31. The normalized spacial score (nSPS) is 11.4. The number of guanidine groups is 1. The molecule has 0 amide bonds. The number of rotatable bonds is 9. The molecule has 0 radical (unpaired) electrons. The van der Waals surface area contributed by atoms with E-state index in [4.69, 9.17) is 15.2 Å². The molecule has 0 bridgehead atoms. The zero-order valence-electron chi connectivity index (χ0n) is 15.2. The van der Waals surface area contributed by atoms with E-state index in [1.54, 1.807) is 32.4 Å². The van der Waals surface area contributed by atoms with Crippen LogP contribution in [0.1, 0.15) is 11.1 Å². The maximum Gasteiger partial charge on any atom is 0.387 e. The van der Waals surface area contributed by atoms with Gasteiger partial charge in [-0.15, -0.1) is 0 Å². The molecule has 0 saturated carbocycles. The largest absolute Gasteiger partial charge is 0.493 e. The highest BCUT2D eigenvalue weighted by Gasteiger charge is 2.09. The average molecular weight is 379 g/mol. The Hall–Kier alpha value is -3.03. The number of hydrogen-bond donors (Lipinski definition) is 2. The van der Waals surface area contributed by atoms with Crippen LogP contribution in [-0.4, -0.2) is 33.3 Å².